The molecule has 20 heavy (non-hydrogen) atoms. The molecule has 0 aromatic heterocycles. The quantitative estimate of drug-likeness (QED) is 0.861. The second-order valence-electron chi connectivity index (χ2n) is 5.57. The van der Waals surface area contributed by atoms with Gasteiger partial charge in [-0.1, -0.05) is 48.5 Å². The third-order valence-electron chi connectivity index (χ3n) is 4.29. The van der Waals surface area contributed by atoms with Crippen LogP contribution in [0.2, 0.25) is 10.0 Å². The molecular weight excluding hydrogens is 293 g/mol. The first-order chi connectivity index (χ1) is 9.59. The van der Waals surface area contributed by atoms with Crippen LogP contribution in [-0.4, -0.2) is 18.2 Å². The zero-order valence-electron chi connectivity index (χ0n) is 12.0. The molecule has 1 aromatic carbocycles. The molecule has 0 amide bonds. The van der Waals surface area contributed by atoms with Crippen molar-refractivity contribution in [2.75, 3.05) is 6.61 Å². The van der Waals surface area contributed by atoms with Crippen molar-refractivity contribution in [2.24, 2.45) is 5.73 Å². The highest BCUT2D eigenvalue weighted by molar-refractivity contribution is 6.36. The summed E-state index contributed by atoms with van der Waals surface area (Å²) in [5.74, 6) is 0. The molecular formula is C16H23Cl2NO. The summed E-state index contributed by atoms with van der Waals surface area (Å²) in [6.07, 6.45) is 6.37. The van der Waals surface area contributed by atoms with Crippen molar-refractivity contribution in [3.8, 4) is 0 Å². The van der Waals surface area contributed by atoms with Gasteiger partial charge in [-0.3, -0.25) is 0 Å². The SMILES string of the molecule is CCOC1(C(N)Cc2c(Cl)cccc2Cl)CCCCC1. The molecule has 1 fully saturated rings. The molecule has 4 heteroatoms. The van der Waals surface area contributed by atoms with E-state index in [1.165, 1.54) is 19.3 Å². The summed E-state index contributed by atoms with van der Waals surface area (Å²) >= 11 is 12.5. The molecule has 1 aromatic rings. The highest BCUT2D eigenvalue weighted by Crippen LogP contribution is 2.36. The first-order valence-corrected chi connectivity index (χ1v) is 8.17. The van der Waals surface area contributed by atoms with E-state index >= 15 is 0 Å². The Morgan fingerprint density at radius 3 is 2.35 bits per heavy atom. The Balaban J connectivity index is 2.18. The van der Waals surface area contributed by atoms with E-state index in [9.17, 15) is 0 Å². The molecule has 0 saturated heterocycles. The Morgan fingerprint density at radius 1 is 1.20 bits per heavy atom. The third-order valence-corrected chi connectivity index (χ3v) is 5.00. The van der Waals surface area contributed by atoms with Crippen molar-refractivity contribution in [3.05, 3.63) is 33.8 Å². The molecule has 2 nitrogen and oxygen atoms in total. The smallest absolute Gasteiger partial charge is 0.0835 e. The summed E-state index contributed by atoms with van der Waals surface area (Å²) < 4.78 is 6.07. The minimum atomic E-state index is -0.213. The van der Waals surface area contributed by atoms with E-state index < -0.39 is 0 Å². The maximum Gasteiger partial charge on any atom is 0.0835 e. The summed E-state index contributed by atoms with van der Waals surface area (Å²) in [5.41, 5.74) is 7.22. The standard InChI is InChI=1S/C16H23Cl2NO/c1-2-20-16(9-4-3-5-10-16)15(19)11-12-13(17)7-6-8-14(12)18/h6-8,15H,2-5,9-11,19H2,1H3. The highest BCUT2D eigenvalue weighted by Gasteiger charge is 2.39. The number of halogens is 2. The van der Waals surface area contributed by atoms with Gasteiger partial charge in [0.2, 0.25) is 0 Å². The van der Waals surface area contributed by atoms with Gasteiger partial charge in [-0.2, -0.15) is 0 Å². The summed E-state index contributed by atoms with van der Waals surface area (Å²) in [4.78, 5) is 0. The Hall–Kier alpha value is -0.280. The fourth-order valence-corrected chi connectivity index (χ4v) is 3.74. The van der Waals surface area contributed by atoms with Gasteiger partial charge in [-0.25, -0.2) is 0 Å². The van der Waals surface area contributed by atoms with Crippen LogP contribution in [0.3, 0.4) is 0 Å². The van der Waals surface area contributed by atoms with E-state index in [0.717, 1.165) is 18.4 Å². The first-order valence-electron chi connectivity index (χ1n) is 7.41. The fourth-order valence-electron chi connectivity index (χ4n) is 3.19. The molecule has 1 atom stereocenters. The van der Waals surface area contributed by atoms with Crippen LogP contribution >= 0.6 is 23.2 Å². The molecule has 0 spiro atoms. The highest BCUT2D eigenvalue weighted by atomic mass is 35.5. The number of ether oxygens (including phenoxy) is 1. The lowest BCUT2D eigenvalue weighted by molar-refractivity contribution is -0.0817. The summed E-state index contributed by atoms with van der Waals surface area (Å²) in [7, 11) is 0. The van der Waals surface area contributed by atoms with E-state index in [1.54, 1.807) is 0 Å². The minimum absolute atomic E-state index is 0.0693. The molecule has 0 radical (unpaired) electrons. The van der Waals surface area contributed by atoms with Crippen molar-refractivity contribution in [1.82, 2.24) is 0 Å². The predicted molar refractivity (Wildman–Crippen MR) is 85.6 cm³/mol. The van der Waals surface area contributed by atoms with E-state index in [-0.39, 0.29) is 11.6 Å². The fraction of sp³-hybridized carbons (Fsp3) is 0.625. The van der Waals surface area contributed by atoms with Crippen LogP contribution in [0.15, 0.2) is 18.2 Å². The lowest BCUT2D eigenvalue weighted by Gasteiger charge is -2.42. The number of nitrogens with two attached hydrogens (primary N) is 1. The van der Waals surface area contributed by atoms with E-state index in [0.29, 0.717) is 23.1 Å². The first kappa shape index (κ1) is 16.1. The van der Waals surface area contributed by atoms with Crippen molar-refractivity contribution in [3.63, 3.8) is 0 Å². The lowest BCUT2D eigenvalue weighted by Crippen LogP contribution is -2.52. The van der Waals surface area contributed by atoms with Gasteiger partial charge in [-0.15, -0.1) is 0 Å². The Kier molecular flexibility index (Phi) is 5.74. The molecule has 0 aliphatic heterocycles. The van der Waals surface area contributed by atoms with Gasteiger partial charge < -0.3 is 10.5 Å². The number of benzene rings is 1. The minimum Gasteiger partial charge on any atom is -0.374 e. The number of hydrogen-bond acceptors (Lipinski definition) is 2. The number of hydrogen-bond donors (Lipinski definition) is 1. The topological polar surface area (TPSA) is 35.2 Å². The van der Waals surface area contributed by atoms with E-state index in [4.69, 9.17) is 33.7 Å². The van der Waals surface area contributed by atoms with Crippen molar-refractivity contribution in [1.29, 1.82) is 0 Å². The Morgan fingerprint density at radius 2 is 1.80 bits per heavy atom. The second-order valence-corrected chi connectivity index (χ2v) is 6.38. The van der Waals surface area contributed by atoms with Crippen LogP contribution in [-0.2, 0) is 11.2 Å². The van der Waals surface area contributed by atoms with Gasteiger partial charge in [0, 0.05) is 22.7 Å². The average molecular weight is 316 g/mol. The van der Waals surface area contributed by atoms with Crippen LogP contribution < -0.4 is 5.73 Å². The monoisotopic (exact) mass is 315 g/mol. The number of rotatable bonds is 5. The van der Waals surface area contributed by atoms with Crippen LogP contribution in [0.25, 0.3) is 0 Å². The van der Waals surface area contributed by atoms with Crippen molar-refractivity contribution >= 4 is 23.2 Å². The van der Waals surface area contributed by atoms with Crippen molar-refractivity contribution in [2.45, 2.75) is 57.1 Å². The largest absolute Gasteiger partial charge is 0.374 e. The zero-order chi connectivity index (χ0) is 14.6. The second kappa shape index (κ2) is 7.13. The zero-order valence-corrected chi connectivity index (χ0v) is 13.5. The van der Waals surface area contributed by atoms with Crippen LogP contribution in [0.5, 0.6) is 0 Å². The Bertz CT molecular complexity index is 418. The van der Waals surface area contributed by atoms with Gasteiger partial charge in [0.05, 0.1) is 5.60 Å². The summed E-state index contributed by atoms with van der Waals surface area (Å²) in [5, 5.41) is 1.38. The van der Waals surface area contributed by atoms with Crippen LogP contribution in [0.1, 0.15) is 44.6 Å². The molecule has 112 valence electrons. The predicted octanol–water partition coefficient (Wildman–Crippen LogP) is 4.60. The van der Waals surface area contributed by atoms with E-state index in [1.807, 2.05) is 25.1 Å². The molecule has 0 heterocycles. The lowest BCUT2D eigenvalue weighted by atomic mass is 9.77. The summed E-state index contributed by atoms with van der Waals surface area (Å²) in [6, 6.07) is 5.52. The molecule has 1 aliphatic carbocycles. The average Bonchev–Trinajstić information content (AvgIpc) is 2.44. The van der Waals surface area contributed by atoms with Gasteiger partial charge in [-0.05, 0) is 43.9 Å². The van der Waals surface area contributed by atoms with E-state index in [2.05, 4.69) is 0 Å². The molecule has 1 saturated carbocycles. The molecule has 2 N–H and O–H groups in total. The summed E-state index contributed by atoms with van der Waals surface area (Å²) in [6.45, 7) is 2.73. The Labute approximate surface area is 131 Å². The maximum atomic E-state index is 6.50. The molecule has 2 rings (SSSR count). The van der Waals surface area contributed by atoms with Gasteiger partial charge in [0.25, 0.3) is 0 Å². The maximum absolute atomic E-state index is 6.50. The van der Waals surface area contributed by atoms with Gasteiger partial charge >= 0.3 is 0 Å². The van der Waals surface area contributed by atoms with Crippen LogP contribution in [0, 0.1) is 0 Å². The molecule has 0 bridgehead atoms. The van der Waals surface area contributed by atoms with Gasteiger partial charge in [0.1, 0.15) is 0 Å². The third kappa shape index (κ3) is 3.48. The van der Waals surface area contributed by atoms with Crippen LogP contribution in [0.4, 0.5) is 0 Å². The molecule has 1 unspecified atom stereocenters. The normalized spacial score (nSPS) is 19.8. The van der Waals surface area contributed by atoms with Gasteiger partial charge in [0.15, 0.2) is 0 Å². The van der Waals surface area contributed by atoms with Crippen molar-refractivity contribution < 1.29 is 4.74 Å². The molecule has 1 aliphatic rings.